The molecule has 2 N–H and O–H groups in total. The maximum absolute atomic E-state index is 12.2. The van der Waals surface area contributed by atoms with E-state index >= 15 is 0 Å². The number of hydrogen-bond donors (Lipinski definition) is 1. The fraction of sp³-hybridized carbons (Fsp3) is 0.100. The van der Waals surface area contributed by atoms with Crippen LogP contribution in [0.3, 0.4) is 0 Å². The van der Waals surface area contributed by atoms with Gasteiger partial charge in [-0.25, -0.2) is 18.4 Å². The lowest BCUT2D eigenvalue weighted by Gasteiger charge is -2.18. The highest BCUT2D eigenvalue weighted by Crippen LogP contribution is 2.19. The van der Waals surface area contributed by atoms with Crippen molar-refractivity contribution in [3.63, 3.8) is 0 Å². The fourth-order valence-electron chi connectivity index (χ4n) is 1.30. The molecule has 0 atom stereocenters. The first-order valence-corrected chi connectivity index (χ1v) is 6.42. The first kappa shape index (κ1) is 12.2. The van der Waals surface area contributed by atoms with E-state index in [9.17, 15) is 8.42 Å². The highest BCUT2D eigenvalue weighted by Gasteiger charge is 2.22. The Bertz CT molecular complexity index is 627. The molecule has 0 unspecified atom stereocenters. The lowest BCUT2D eigenvalue weighted by Crippen LogP contribution is -2.26. The van der Waals surface area contributed by atoms with E-state index in [1.165, 1.54) is 25.6 Å². The van der Waals surface area contributed by atoms with Crippen molar-refractivity contribution in [2.45, 2.75) is 4.90 Å². The third-order valence-corrected chi connectivity index (χ3v) is 4.05. The molecule has 0 aliphatic carbocycles. The summed E-state index contributed by atoms with van der Waals surface area (Å²) in [6.45, 7) is 0. The van der Waals surface area contributed by atoms with Crippen molar-refractivity contribution >= 4 is 21.7 Å². The summed E-state index contributed by atoms with van der Waals surface area (Å²) in [5.74, 6) is 0.0259. The minimum atomic E-state index is -3.70. The lowest BCUT2D eigenvalue weighted by molar-refractivity contribution is 0.593. The van der Waals surface area contributed by atoms with Gasteiger partial charge in [0, 0.05) is 13.2 Å². The van der Waals surface area contributed by atoms with Crippen molar-refractivity contribution in [3.05, 3.63) is 36.9 Å². The van der Waals surface area contributed by atoms with Crippen molar-refractivity contribution in [3.8, 4) is 0 Å². The van der Waals surface area contributed by atoms with Crippen molar-refractivity contribution < 1.29 is 8.42 Å². The third-order valence-electron chi connectivity index (χ3n) is 2.32. The maximum atomic E-state index is 12.2. The standard InChI is InChI=1S/C10H11N5O2S/c1-15(8-3-2-4-12-5-8)18(16,17)9-6-13-10(11)14-7-9/h2-7H,1H3,(H2,11,13,14). The van der Waals surface area contributed by atoms with Crippen molar-refractivity contribution in [2.24, 2.45) is 0 Å². The molecule has 0 aliphatic rings. The Morgan fingerprint density at radius 3 is 2.44 bits per heavy atom. The van der Waals surface area contributed by atoms with E-state index < -0.39 is 10.0 Å². The molecular weight excluding hydrogens is 254 g/mol. The summed E-state index contributed by atoms with van der Waals surface area (Å²) in [4.78, 5) is 11.2. The minimum Gasteiger partial charge on any atom is -0.368 e. The molecule has 2 aromatic rings. The van der Waals surface area contributed by atoms with Crippen LogP contribution in [0.2, 0.25) is 0 Å². The number of nitrogens with zero attached hydrogens (tertiary/aromatic N) is 4. The molecule has 2 rings (SSSR count). The van der Waals surface area contributed by atoms with Crippen LogP contribution in [-0.4, -0.2) is 30.4 Å². The predicted molar refractivity (Wildman–Crippen MR) is 66.3 cm³/mol. The Labute approximate surface area is 104 Å². The first-order valence-electron chi connectivity index (χ1n) is 4.98. The van der Waals surface area contributed by atoms with E-state index in [0.717, 1.165) is 4.31 Å². The quantitative estimate of drug-likeness (QED) is 0.855. The van der Waals surface area contributed by atoms with Gasteiger partial charge in [0.15, 0.2) is 0 Å². The van der Waals surface area contributed by atoms with Crippen molar-refractivity contribution in [1.82, 2.24) is 15.0 Å². The highest BCUT2D eigenvalue weighted by atomic mass is 32.2. The smallest absolute Gasteiger partial charge is 0.267 e. The lowest BCUT2D eigenvalue weighted by atomic mass is 10.4. The number of nitrogen functional groups attached to an aromatic ring is 1. The van der Waals surface area contributed by atoms with Crippen LogP contribution in [-0.2, 0) is 10.0 Å². The average molecular weight is 265 g/mol. The third kappa shape index (κ3) is 2.23. The van der Waals surface area contributed by atoms with E-state index in [1.54, 1.807) is 18.3 Å². The Kier molecular flexibility index (Phi) is 3.11. The summed E-state index contributed by atoms with van der Waals surface area (Å²) in [7, 11) is -2.26. The summed E-state index contributed by atoms with van der Waals surface area (Å²) in [6.07, 6.45) is 5.36. The number of nitrogens with two attached hydrogens (primary N) is 1. The van der Waals surface area contributed by atoms with Gasteiger partial charge in [0.1, 0.15) is 4.90 Å². The molecule has 2 aromatic heterocycles. The van der Waals surface area contributed by atoms with Gasteiger partial charge in [0.2, 0.25) is 5.95 Å². The second-order valence-corrected chi connectivity index (χ2v) is 5.43. The molecule has 94 valence electrons. The summed E-state index contributed by atoms with van der Waals surface area (Å²) in [5.41, 5.74) is 5.77. The molecule has 0 radical (unpaired) electrons. The van der Waals surface area contributed by atoms with Gasteiger partial charge in [-0.1, -0.05) is 0 Å². The second-order valence-electron chi connectivity index (χ2n) is 3.46. The van der Waals surface area contributed by atoms with Crippen LogP contribution in [0.4, 0.5) is 11.6 Å². The van der Waals surface area contributed by atoms with Gasteiger partial charge in [-0.3, -0.25) is 9.29 Å². The molecule has 18 heavy (non-hydrogen) atoms. The van der Waals surface area contributed by atoms with E-state index in [-0.39, 0.29) is 10.8 Å². The Morgan fingerprint density at radius 1 is 1.22 bits per heavy atom. The van der Waals surface area contributed by atoms with Gasteiger partial charge in [-0.15, -0.1) is 0 Å². The molecule has 0 spiro atoms. The van der Waals surface area contributed by atoms with Crippen LogP contribution in [0, 0.1) is 0 Å². The monoisotopic (exact) mass is 265 g/mol. The van der Waals surface area contributed by atoms with Crippen LogP contribution in [0.1, 0.15) is 0 Å². The number of anilines is 2. The molecule has 0 amide bonds. The van der Waals surface area contributed by atoms with E-state index in [2.05, 4.69) is 15.0 Å². The number of sulfonamides is 1. The van der Waals surface area contributed by atoms with E-state index in [4.69, 9.17) is 5.73 Å². The topological polar surface area (TPSA) is 102 Å². The van der Waals surface area contributed by atoms with Gasteiger partial charge >= 0.3 is 0 Å². The molecule has 0 bridgehead atoms. The maximum Gasteiger partial charge on any atom is 0.267 e. The highest BCUT2D eigenvalue weighted by molar-refractivity contribution is 7.92. The van der Waals surface area contributed by atoms with Crippen molar-refractivity contribution in [2.75, 3.05) is 17.1 Å². The average Bonchev–Trinajstić information content (AvgIpc) is 2.39. The molecule has 0 aromatic carbocycles. The number of hydrogen-bond acceptors (Lipinski definition) is 6. The zero-order valence-electron chi connectivity index (χ0n) is 9.56. The summed E-state index contributed by atoms with van der Waals surface area (Å²) >= 11 is 0. The Morgan fingerprint density at radius 2 is 1.89 bits per heavy atom. The summed E-state index contributed by atoms with van der Waals surface area (Å²) < 4.78 is 25.5. The normalized spacial score (nSPS) is 11.2. The number of aromatic nitrogens is 3. The Balaban J connectivity index is 2.40. The van der Waals surface area contributed by atoms with Gasteiger partial charge in [-0.2, -0.15) is 0 Å². The molecule has 0 saturated carbocycles. The summed E-state index contributed by atoms with van der Waals surface area (Å²) in [6, 6.07) is 3.30. The van der Waals surface area contributed by atoms with Gasteiger partial charge in [0.25, 0.3) is 10.0 Å². The van der Waals surface area contributed by atoms with Gasteiger partial charge in [0.05, 0.1) is 24.3 Å². The number of pyridine rings is 1. The largest absolute Gasteiger partial charge is 0.368 e. The molecule has 8 heteroatoms. The molecule has 7 nitrogen and oxygen atoms in total. The van der Waals surface area contributed by atoms with Crippen LogP contribution in [0.15, 0.2) is 41.8 Å². The Hall–Kier alpha value is -2.22. The molecule has 0 saturated heterocycles. The molecule has 0 aliphatic heterocycles. The van der Waals surface area contributed by atoms with Crippen LogP contribution in [0.5, 0.6) is 0 Å². The molecule has 0 fully saturated rings. The predicted octanol–water partition coefficient (Wildman–Crippen LogP) is 0.279. The molecule has 2 heterocycles. The zero-order valence-corrected chi connectivity index (χ0v) is 10.4. The first-order chi connectivity index (χ1) is 8.51. The van der Waals surface area contributed by atoms with Gasteiger partial charge < -0.3 is 5.73 Å². The SMILES string of the molecule is CN(c1cccnc1)S(=O)(=O)c1cnc(N)nc1. The van der Waals surface area contributed by atoms with Crippen LogP contribution >= 0.6 is 0 Å². The van der Waals surface area contributed by atoms with E-state index in [0.29, 0.717) is 5.69 Å². The van der Waals surface area contributed by atoms with Crippen LogP contribution < -0.4 is 10.0 Å². The zero-order chi connectivity index (χ0) is 13.2. The molecular formula is C10H11N5O2S. The second kappa shape index (κ2) is 4.57. The minimum absolute atomic E-state index is 0.0250. The van der Waals surface area contributed by atoms with E-state index in [1.807, 2.05) is 0 Å². The van der Waals surface area contributed by atoms with Crippen LogP contribution in [0.25, 0.3) is 0 Å². The fourth-order valence-corrected chi connectivity index (χ4v) is 2.37. The van der Waals surface area contributed by atoms with Crippen molar-refractivity contribution in [1.29, 1.82) is 0 Å². The van der Waals surface area contributed by atoms with Gasteiger partial charge in [-0.05, 0) is 12.1 Å². The number of rotatable bonds is 3. The summed E-state index contributed by atoms with van der Waals surface area (Å²) in [5, 5.41) is 0.